The van der Waals surface area contributed by atoms with Gasteiger partial charge in [0.2, 0.25) is 5.67 Å². The number of hydrogen-bond donors (Lipinski definition) is 0. The predicted molar refractivity (Wildman–Crippen MR) is 52.1 cm³/mol. The third kappa shape index (κ3) is 2.23. The van der Waals surface area contributed by atoms with Gasteiger partial charge in [-0.05, 0) is 6.42 Å². The molecule has 0 amide bonds. The number of alkyl halides is 1. The summed E-state index contributed by atoms with van der Waals surface area (Å²) < 4.78 is 18.6. The summed E-state index contributed by atoms with van der Waals surface area (Å²) in [4.78, 5) is 18.7. The molecule has 0 radical (unpaired) electrons. The fourth-order valence-electron chi connectivity index (χ4n) is 1.12. The molecule has 0 N–H and O–H groups in total. The number of aromatic nitrogens is 2. The van der Waals surface area contributed by atoms with Crippen molar-refractivity contribution in [1.82, 2.24) is 9.97 Å². The molecule has 82 valence electrons. The monoisotopic (exact) mass is 232 g/mol. The zero-order chi connectivity index (χ0) is 11.5. The second-order valence-corrected chi connectivity index (χ2v) is 3.26. The molecule has 0 bridgehead atoms. The Balaban J connectivity index is 3.16. The molecule has 1 rings (SSSR count). The smallest absolute Gasteiger partial charge is 0.350 e. The Kier molecular flexibility index (Phi) is 3.57. The van der Waals surface area contributed by atoms with Gasteiger partial charge in [-0.15, -0.1) is 0 Å². The van der Waals surface area contributed by atoms with Gasteiger partial charge in [0.15, 0.2) is 0 Å². The molecule has 0 fully saturated rings. The van der Waals surface area contributed by atoms with Gasteiger partial charge >= 0.3 is 5.97 Å². The van der Waals surface area contributed by atoms with Gasteiger partial charge in [-0.25, -0.2) is 14.2 Å². The molecule has 4 nitrogen and oxygen atoms in total. The molecule has 6 heteroatoms. The maximum Gasteiger partial charge on any atom is 0.350 e. The topological polar surface area (TPSA) is 52.1 Å². The zero-order valence-corrected chi connectivity index (χ0v) is 9.08. The van der Waals surface area contributed by atoms with E-state index in [2.05, 4.69) is 14.7 Å². The molecule has 1 atom stereocenters. The standard InChI is InChI=1S/C9H10ClFN2O2/c1-3-9(11,8(14)15-2)6-4-12-5-7(10)13-6/h4-5H,3H2,1-2H3. The van der Waals surface area contributed by atoms with Gasteiger partial charge < -0.3 is 4.74 Å². The molecule has 0 aliphatic carbocycles. The molecule has 15 heavy (non-hydrogen) atoms. The van der Waals surface area contributed by atoms with Crippen molar-refractivity contribution in [2.75, 3.05) is 7.11 Å². The third-order valence-corrected chi connectivity index (χ3v) is 2.19. The van der Waals surface area contributed by atoms with Crippen molar-refractivity contribution in [1.29, 1.82) is 0 Å². The second-order valence-electron chi connectivity index (χ2n) is 2.87. The first-order valence-electron chi connectivity index (χ1n) is 4.30. The number of methoxy groups -OCH3 is 1. The van der Waals surface area contributed by atoms with Crippen LogP contribution >= 0.6 is 11.6 Å². The maximum atomic E-state index is 14.2. The lowest BCUT2D eigenvalue weighted by Crippen LogP contribution is -2.32. The van der Waals surface area contributed by atoms with Gasteiger partial charge in [-0.1, -0.05) is 18.5 Å². The summed E-state index contributed by atoms with van der Waals surface area (Å²) in [6.45, 7) is 1.51. The summed E-state index contributed by atoms with van der Waals surface area (Å²) in [5.41, 5.74) is -2.42. The van der Waals surface area contributed by atoms with Crippen molar-refractivity contribution in [3.63, 3.8) is 0 Å². The van der Waals surface area contributed by atoms with Crippen LogP contribution in [0.2, 0.25) is 5.15 Å². The number of hydrogen-bond acceptors (Lipinski definition) is 4. The molecule has 0 aliphatic rings. The second kappa shape index (κ2) is 4.53. The van der Waals surface area contributed by atoms with Gasteiger partial charge in [0, 0.05) is 0 Å². The lowest BCUT2D eigenvalue weighted by molar-refractivity contribution is -0.156. The molecule has 0 saturated carbocycles. The van der Waals surface area contributed by atoms with Crippen LogP contribution in [0.25, 0.3) is 0 Å². The van der Waals surface area contributed by atoms with Crippen LogP contribution < -0.4 is 0 Å². The van der Waals surface area contributed by atoms with E-state index in [0.717, 1.165) is 13.3 Å². The van der Waals surface area contributed by atoms with E-state index in [1.54, 1.807) is 0 Å². The van der Waals surface area contributed by atoms with Crippen LogP contribution in [0.5, 0.6) is 0 Å². The molecule has 1 aromatic rings. The van der Waals surface area contributed by atoms with E-state index in [0.29, 0.717) is 0 Å². The average molecular weight is 233 g/mol. The highest BCUT2D eigenvalue weighted by Gasteiger charge is 2.42. The first-order chi connectivity index (χ1) is 7.04. The zero-order valence-electron chi connectivity index (χ0n) is 8.33. The summed E-state index contributed by atoms with van der Waals surface area (Å²) in [7, 11) is 1.12. The minimum atomic E-state index is -2.29. The van der Waals surface area contributed by atoms with E-state index in [4.69, 9.17) is 11.6 Å². The van der Waals surface area contributed by atoms with Gasteiger partial charge in [0.1, 0.15) is 10.8 Å². The van der Waals surface area contributed by atoms with E-state index in [-0.39, 0.29) is 17.3 Å². The highest BCUT2D eigenvalue weighted by atomic mass is 35.5. The molecule has 0 saturated heterocycles. The number of halogens is 2. The minimum Gasteiger partial charge on any atom is -0.466 e. The predicted octanol–water partition coefficient (Wildman–Crippen LogP) is 1.88. The molecule has 1 aromatic heterocycles. The van der Waals surface area contributed by atoms with Crippen molar-refractivity contribution < 1.29 is 13.9 Å². The van der Waals surface area contributed by atoms with Gasteiger partial charge in [0.05, 0.1) is 19.5 Å². The number of nitrogens with zero attached hydrogens (tertiary/aromatic N) is 2. The quantitative estimate of drug-likeness (QED) is 0.747. The highest BCUT2D eigenvalue weighted by molar-refractivity contribution is 6.29. The SMILES string of the molecule is CCC(F)(C(=O)OC)c1cncc(Cl)n1. The Labute approximate surface area is 91.4 Å². The van der Waals surface area contributed by atoms with Crippen LogP contribution in [0.15, 0.2) is 12.4 Å². The molecule has 1 unspecified atom stereocenters. The van der Waals surface area contributed by atoms with Gasteiger partial charge in [-0.2, -0.15) is 0 Å². The normalized spacial score (nSPS) is 14.4. The Hall–Kier alpha value is -1.23. The van der Waals surface area contributed by atoms with E-state index < -0.39 is 11.6 Å². The van der Waals surface area contributed by atoms with Crippen molar-refractivity contribution in [2.24, 2.45) is 0 Å². The molecule has 0 aliphatic heterocycles. The summed E-state index contributed by atoms with van der Waals surface area (Å²) >= 11 is 5.56. The van der Waals surface area contributed by atoms with Crippen molar-refractivity contribution in [3.05, 3.63) is 23.2 Å². The lowest BCUT2D eigenvalue weighted by atomic mass is 9.99. The number of esters is 1. The first-order valence-corrected chi connectivity index (χ1v) is 4.67. The number of rotatable bonds is 3. The fraction of sp³-hybridized carbons (Fsp3) is 0.444. The van der Waals surface area contributed by atoms with Crippen molar-refractivity contribution in [2.45, 2.75) is 19.0 Å². The number of carbonyl (C=O) groups excluding carboxylic acids is 1. The average Bonchev–Trinajstić information content (AvgIpc) is 2.26. The van der Waals surface area contributed by atoms with Crippen molar-refractivity contribution >= 4 is 17.6 Å². The Morgan fingerprint density at radius 2 is 2.33 bits per heavy atom. The molecule has 0 spiro atoms. The summed E-state index contributed by atoms with van der Waals surface area (Å²) in [6, 6.07) is 0. The van der Waals surface area contributed by atoms with Crippen LogP contribution in [0.4, 0.5) is 4.39 Å². The Morgan fingerprint density at radius 1 is 1.67 bits per heavy atom. The van der Waals surface area contributed by atoms with Crippen LogP contribution in [-0.4, -0.2) is 23.0 Å². The van der Waals surface area contributed by atoms with Gasteiger partial charge in [0.25, 0.3) is 0 Å². The maximum absolute atomic E-state index is 14.2. The molecular weight excluding hydrogens is 223 g/mol. The van der Waals surface area contributed by atoms with E-state index >= 15 is 0 Å². The fourth-order valence-corrected chi connectivity index (χ4v) is 1.27. The van der Waals surface area contributed by atoms with Gasteiger partial charge in [-0.3, -0.25) is 4.98 Å². The molecular formula is C9H10ClFN2O2. The minimum absolute atomic E-state index is 0.0341. The van der Waals surface area contributed by atoms with E-state index in [9.17, 15) is 9.18 Å². The lowest BCUT2D eigenvalue weighted by Gasteiger charge is -2.19. The van der Waals surface area contributed by atoms with Crippen LogP contribution in [-0.2, 0) is 15.2 Å². The largest absolute Gasteiger partial charge is 0.466 e. The van der Waals surface area contributed by atoms with E-state index in [1.165, 1.54) is 13.1 Å². The summed E-state index contributed by atoms with van der Waals surface area (Å²) in [5.74, 6) is -0.999. The van der Waals surface area contributed by atoms with E-state index in [1.807, 2.05) is 0 Å². The summed E-state index contributed by atoms with van der Waals surface area (Å²) in [5, 5.41) is 0.0341. The third-order valence-electron chi connectivity index (χ3n) is 2.01. The number of ether oxygens (including phenoxy) is 1. The van der Waals surface area contributed by atoms with Crippen LogP contribution in [0.1, 0.15) is 19.0 Å². The first kappa shape index (κ1) is 11.8. The highest BCUT2D eigenvalue weighted by Crippen LogP contribution is 2.29. The Bertz CT molecular complexity index is 375. The van der Waals surface area contributed by atoms with Crippen LogP contribution in [0.3, 0.4) is 0 Å². The summed E-state index contributed by atoms with van der Waals surface area (Å²) in [6.07, 6.45) is 2.33. The molecule has 0 aromatic carbocycles. The Morgan fingerprint density at radius 3 is 2.80 bits per heavy atom. The molecule has 1 heterocycles. The number of carbonyl (C=O) groups is 1. The van der Waals surface area contributed by atoms with Crippen molar-refractivity contribution in [3.8, 4) is 0 Å². The van der Waals surface area contributed by atoms with Crippen LogP contribution in [0, 0.1) is 0 Å².